The fourth-order valence-corrected chi connectivity index (χ4v) is 3.02. The molecule has 10 heteroatoms. The van der Waals surface area contributed by atoms with Crippen LogP contribution < -0.4 is 16.2 Å². The van der Waals surface area contributed by atoms with Crippen LogP contribution in [-0.4, -0.2) is 44.6 Å². The van der Waals surface area contributed by atoms with Crippen molar-refractivity contribution in [2.75, 3.05) is 20.7 Å². The third-order valence-electron chi connectivity index (χ3n) is 3.35. The number of hydroxylamine groups is 1. The second-order valence-corrected chi connectivity index (χ2v) is 7.51. The standard InChI is InChI=1S/C15H24N4O4S2/c1-4-5-6-10-16-15(24)18-17-14(20)12-8-7-9-13(11-12)25(21,22)19(2)23-3/h7-9,11H,4-6,10H2,1-3H3,(H,17,20)(H2,16,18,24). The van der Waals surface area contributed by atoms with Gasteiger partial charge in [-0.05, 0) is 36.8 Å². The Morgan fingerprint density at radius 1 is 1.28 bits per heavy atom. The average Bonchev–Trinajstić information content (AvgIpc) is 2.62. The highest BCUT2D eigenvalue weighted by molar-refractivity contribution is 7.89. The van der Waals surface area contributed by atoms with Gasteiger partial charge in [0.1, 0.15) is 0 Å². The number of thiocarbonyl (C=S) groups is 1. The SMILES string of the molecule is CCCCCNC(=S)NNC(=O)c1cccc(S(=O)(=O)N(C)OC)c1. The molecule has 0 fully saturated rings. The van der Waals surface area contributed by atoms with Crippen molar-refractivity contribution in [1.29, 1.82) is 0 Å². The number of rotatable bonds is 8. The van der Waals surface area contributed by atoms with Crippen LogP contribution in [0.3, 0.4) is 0 Å². The Morgan fingerprint density at radius 2 is 2.00 bits per heavy atom. The first kappa shape index (κ1) is 21.3. The molecule has 0 bridgehead atoms. The van der Waals surface area contributed by atoms with E-state index in [9.17, 15) is 13.2 Å². The van der Waals surface area contributed by atoms with E-state index in [0.29, 0.717) is 11.7 Å². The minimum Gasteiger partial charge on any atom is -0.361 e. The summed E-state index contributed by atoms with van der Waals surface area (Å²) in [6.45, 7) is 2.82. The van der Waals surface area contributed by atoms with Gasteiger partial charge in [-0.3, -0.25) is 20.5 Å². The van der Waals surface area contributed by atoms with Gasteiger partial charge >= 0.3 is 0 Å². The monoisotopic (exact) mass is 388 g/mol. The lowest BCUT2D eigenvalue weighted by molar-refractivity contribution is -0.0258. The molecule has 0 spiro atoms. The Hall–Kier alpha value is -1.75. The smallest absolute Gasteiger partial charge is 0.269 e. The van der Waals surface area contributed by atoms with E-state index in [1.165, 1.54) is 38.4 Å². The minimum atomic E-state index is -3.82. The molecule has 8 nitrogen and oxygen atoms in total. The Balaban J connectivity index is 2.65. The maximum atomic E-state index is 12.2. The highest BCUT2D eigenvalue weighted by Crippen LogP contribution is 2.15. The molecule has 1 aromatic carbocycles. The van der Waals surface area contributed by atoms with E-state index in [0.717, 1.165) is 23.7 Å². The molecule has 3 N–H and O–H groups in total. The van der Waals surface area contributed by atoms with Crippen LogP contribution in [0.4, 0.5) is 0 Å². The van der Waals surface area contributed by atoms with Gasteiger partial charge in [-0.25, -0.2) is 8.42 Å². The van der Waals surface area contributed by atoms with E-state index < -0.39 is 15.9 Å². The molecule has 0 radical (unpaired) electrons. The summed E-state index contributed by atoms with van der Waals surface area (Å²) in [5.74, 6) is -0.505. The molecular weight excluding hydrogens is 364 g/mol. The topological polar surface area (TPSA) is 99.8 Å². The van der Waals surface area contributed by atoms with Crippen LogP contribution in [0.15, 0.2) is 29.2 Å². The third-order valence-corrected chi connectivity index (χ3v) is 5.27. The predicted molar refractivity (Wildman–Crippen MR) is 99.1 cm³/mol. The van der Waals surface area contributed by atoms with Crippen molar-refractivity contribution in [2.24, 2.45) is 0 Å². The molecule has 140 valence electrons. The molecule has 0 aliphatic heterocycles. The van der Waals surface area contributed by atoms with E-state index >= 15 is 0 Å². The highest BCUT2D eigenvalue weighted by Gasteiger charge is 2.21. The summed E-state index contributed by atoms with van der Waals surface area (Å²) in [7, 11) is -1.31. The lowest BCUT2D eigenvalue weighted by Crippen LogP contribution is -2.47. The predicted octanol–water partition coefficient (Wildman–Crippen LogP) is 1.17. The van der Waals surface area contributed by atoms with Crippen molar-refractivity contribution in [3.05, 3.63) is 29.8 Å². The number of sulfonamides is 1. The fourth-order valence-electron chi connectivity index (χ4n) is 1.85. The summed E-state index contributed by atoms with van der Waals surface area (Å²) in [4.78, 5) is 16.8. The van der Waals surface area contributed by atoms with Gasteiger partial charge in [-0.2, -0.15) is 0 Å². The molecule has 0 saturated carbocycles. The maximum Gasteiger partial charge on any atom is 0.269 e. The molecule has 1 amide bonds. The van der Waals surface area contributed by atoms with Crippen molar-refractivity contribution in [1.82, 2.24) is 20.6 Å². The number of nitrogens with one attached hydrogen (secondary N) is 3. The Bertz CT molecular complexity index is 695. The van der Waals surface area contributed by atoms with E-state index in [-0.39, 0.29) is 10.5 Å². The molecule has 0 heterocycles. The number of carbonyl (C=O) groups excluding carboxylic acids is 1. The number of hydrogen-bond acceptors (Lipinski definition) is 5. The van der Waals surface area contributed by atoms with Gasteiger partial charge in [0.05, 0.1) is 12.0 Å². The second-order valence-electron chi connectivity index (χ2n) is 5.17. The van der Waals surface area contributed by atoms with Gasteiger partial charge in [0.2, 0.25) is 0 Å². The number of nitrogens with zero attached hydrogens (tertiary/aromatic N) is 1. The average molecular weight is 389 g/mol. The number of hydrazine groups is 1. The largest absolute Gasteiger partial charge is 0.361 e. The molecule has 0 unspecified atom stereocenters. The zero-order valence-electron chi connectivity index (χ0n) is 14.5. The van der Waals surface area contributed by atoms with Crippen molar-refractivity contribution in [2.45, 2.75) is 31.1 Å². The van der Waals surface area contributed by atoms with Crippen LogP contribution in [0.2, 0.25) is 0 Å². The normalized spacial score (nSPS) is 11.2. The zero-order chi connectivity index (χ0) is 18.9. The Kier molecular flexibility index (Phi) is 8.76. The fraction of sp³-hybridized carbons (Fsp3) is 0.467. The molecule has 1 rings (SSSR count). The number of carbonyl (C=O) groups is 1. The molecular formula is C15H24N4O4S2. The molecule has 0 saturated heterocycles. The summed E-state index contributed by atoms with van der Waals surface area (Å²) >= 11 is 5.05. The first-order chi connectivity index (χ1) is 11.8. The first-order valence-corrected chi connectivity index (χ1v) is 9.65. The molecule has 0 atom stereocenters. The van der Waals surface area contributed by atoms with Crippen LogP contribution in [0, 0.1) is 0 Å². The van der Waals surface area contributed by atoms with Crippen molar-refractivity contribution in [3.63, 3.8) is 0 Å². The molecule has 25 heavy (non-hydrogen) atoms. The number of unbranched alkanes of at least 4 members (excludes halogenated alkanes) is 2. The Morgan fingerprint density at radius 3 is 2.64 bits per heavy atom. The molecule has 1 aromatic rings. The van der Waals surface area contributed by atoms with Gasteiger partial charge in [0, 0.05) is 19.2 Å². The minimum absolute atomic E-state index is 0.0511. The van der Waals surface area contributed by atoms with Crippen molar-refractivity contribution >= 4 is 33.3 Å². The quantitative estimate of drug-likeness (QED) is 0.349. The van der Waals surface area contributed by atoms with Crippen LogP contribution in [-0.2, 0) is 14.9 Å². The van der Waals surface area contributed by atoms with Gasteiger partial charge < -0.3 is 5.32 Å². The lowest BCUT2D eigenvalue weighted by atomic mass is 10.2. The van der Waals surface area contributed by atoms with E-state index in [2.05, 4.69) is 23.1 Å². The summed E-state index contributed by atoms with van der Waals surface area (Å²) in [6.07, 6.45) is 3.19. The van der Waals surface area contributed by atoms with Gasteiger partial charge in [0.15, 0.2) is 5.11 Å². The summed E-state index contributed by atoms with van der Waals surface area (Å²) in [5.41, 5.74) is 5.19. The van der Waals surface area contributed by atoms with Gasteiger partial charge in [-0.1, -0.05) is 30.3 Å². The van der Waals surface area contributed by atoms with Crippen molar-refractivity contribution in [3.8, 4) is 0 Å². The van der Waals surface area contributed by atoms with Gasteiger partial charge in [-0.15, -0.1) is 0 Å². The molecule has 0 aliphatic carbocycles. The van der Waals surface area contributed by atoms with Crippen LogP contribution in [0.25, 0.3) is 0 Å². The summed E-state index contributed by atoms with van der Waals surface area (Å²) in [5, 5.41) is 3.27. The zero-order valence-corrected chi connectivity index (χ0v) is 16.2. The third kappa shape index (κ3) is 6.58. The van der Waals surface area contributed by atoms with E-state index in [4.69, 9.17) is 17.1 Å². The van der Waals surface area contributed by atoms with E-state index in [1.807, 2.05) is 0 Å². The number of benzene rings is 1. The van der Waals surface area contributed by atoms with Crippen molar-refractivity contribution < 1.29 is 18.0 Å². The molecule has 0 aliphatic rings. The first-order valence-electron chi connectivity index (χ1n) is 7.80. The number of amides is 1. The second kappa shape index (κ2) is 10.3. The van der Waals surface area contributed by atoms with Gasteiger partial charge in [0.25, 0.3) is 15.9 Å². The van der Waals surface area contributed by atoms with Crippen LogP contribution in [0.5, 0.6) is 0 Å². The summed E-state index contributed by atoms with van der Waals surface area (Å²) in [6, 6.07) is 5.63. The Labute approximate surface area is 153 Å². The highest BCUT2D eigenvalue weighted by atomic mass is 32.2. The lowest BCUT2D eigenvalue weighted by Gasteiger charge is -2.15. The summed E-state index contributed by atoms with van der Waals surface area (Å²) < 4.78 is 25.1. The van der Waals surface area contributed by atoms with E-state index in [1.54, 1.807) is 0 Å². The maximum absolute atomic E-state index is 12.2. The van der Waals surface area contributed by atoms with Crippen LogP contribution >= 0.6 is 12.2 Å². The van der Waals surface area contributed by atoms with Crippen LogP contribution in [0.1, 0.15) is 36.5 Å². The number of hydrogen-bond donors (Lipinski definition) is 3. The molecule has 0 aromatic heterocycles.